The molecule has 3 aromatic rings. The van der Waals surface area contributed by atoms with Crippen LogP contribution in [-0.4, -0.2) is 20.2 Å². The Labute approximate surface area is 116 Å². The molecule has 3 rings (SSSR count). The van der Waals surface area contributed by atoms with E-state index in [2.05, 4.69) is 12.1 Å². The maximum absolute atomic E-state index is 11.6. The van der Waals surface area contributed by atoms with Crippen molar-refractivity contribution in [1.82, 2.24) is 0 Å². The van der Waals surface area contributed by atoms with Crippen LogP contribution in [0.25, 0.3) is 21.5 Å². The Balaban J connectivity index is 2.21. The van der Waals surface area contributed by atoms with Gasteiger partial charge in [0, 0.05) is 0 Å². The highest BCUT2D eigenvalue weighted by molar-refractivity contribution is 6.02. The van der Waals surface area contributed by atoms with Crippen molar-refractivity contribution in [2.75, 3.05) is 14.2 Å². The minimum Gasteiger partial charge on any atom is -0.497 e. The van der Waals surface area contributed by atoms with E-state index in [9.17, 15) is 4.79 Å². The first-order valence-corrected chi connectivity index (χ1v) is 6.31. The van der Waals surface area contributed by atoms with Crippen LogP contribution in [0.5, 0.6) is 5.75 Å². The second-order valence-electron chi connectivity index (χ2n) is 4.62. The van der Waals surface area contributed by atoms with Crippen molar-refractivity contribution in [3.8, 4) is 5.75 Å². The number of rotatable bonds is 2. The summed E-state index contributed by atoms with van der Waals surface area (Å²) in [6.07, 6.45) is 0. The smallest absolute Gasteiger partial charge is 0.337 e. The summed E-state index contributed by atoms with van der Waals surface area (Å²) in [6, 6.07) is 15.7. The van der Waals surface area contributed by atoms with Crippen molar-refractivity contribution in [2.45, 2.75) is 0 Å². The SMILES string of the molecule is COC(=O)c1ccc2cc3cc(OC)ccc3cc2c1. The van der Waals surface area contributed by atoms with Crippen molar-refractivity contribution in [1.29, 1.82) is 0 Å². The second kappa shape index (κ2) is 4.85. The van der Waals surface area contributed by atoms with Gasteiger partial charge >= 0.3 is 5.97 Å². The number of ether oxygens (including phenoxy) is 2. The Kier molecular flexibility index (Phi) is 3.03. The van der Waals surface area contributed by atoms with Crippen molar-refractivity contribution in [3.63, 3.8) is 0 Å². The summed E-state index contributed by atoms with van der Waals surface area (Å²) in [4.78, 5) is 11.6. The fourth-order valence-electron chi connectivity index (χ4n) is 2.35. The fraction of sp³-hybridized carbons (Fsp3) is 0.118. The minimum atomic E-state index is -0.318. The summed E-state index contributed by atoms with van der Waals surface area (Å²) in [5.74, 6) is 0.518. The summed E-state index contributed by atoms with van der Waals surface area (Å²) in [6.45, 7) is 0. The molecule has 0 amide bonds. The summed E-state index contributed by atoms with van der Waals surface area (Å²) in [5.41, 5.74) is 0.563. The number of hydrogen-bond donors (Lipinski definition) is 0. The topological polar surface area (TPSA) is 35.5 Å². The molecular formula is C17H14O3. The number of fused-ring (bicyclic) bond motifs is 2. The molecule has 0 heterocycles. The highest BCUT2D eigenvalue weighted by Gasteiger charge is 2.07. The van der Waals surface area contributed by atoms with Gasteiger partial charge in [-0.1, -0.05) is 12.1 Å². The van der Waals surface area contributed by atoms with Crippen molar-refractivity contribution >= 4 is 27.5 Å². The number of carbonyl (C=O) groups is 1. The van der Waals surface area contributed by atoms with E-state index < -0.39 is 0 Å². The van der Waals surface area contributed by atoms with Gasteiger partial charge in [-0.15, -0.1) is 0 Å². The van der Waals surface area contributed by atoms with Gasteiger partial charge in [0.15, 0.2) is 0 Å². The lowest BCUT2D eigenvalue weighted by Crippen LogP contribution is -2.00. The van der Waals surface area contributed by atoms with E-state index in [0.717, 1.165) is 27.3 Å². The van der Waals surface area contributed by atoms with Crippen LogP contribution in [0.1, 0.15) is 10.4 Å². The average Bonchev–Trinajstić information content (AvgIpc) is 2.50. The second-order valence-corrected chi connectivity index (χ2v) is 4.62. The van der Waals surface area contributed by atoms with Gasteiger partial charge in [0.1, 0.15) is 5.75 Å². The van der Waals surface area contributed by atoms with Crippen LogP contribution in [0.3, 0.4) is 0 Å². The highest BCUT2D eigenvalue weighted by Crippen LogP contribution is 2.27. The van der Waals surface area contributed by atoms with E-state index in [1.165, 1.54) is 7.11 Å². The van der Waals surface area contributed by atoms with Gasteiger partial charge in [-0.05, 0) is 57.9 Å². The molecular weight excluding hydrogens is 252 g/mol. The Morgan fingerprint density at radius 3 is 2.10 bits per heavy atom. The quantitative estimate of drug-likeness (QED) is 0.523. The number of methoxy groups -OCH3 is 2. The lowest BCUT2D eigenvalue weighted by molar-refractivity contribution is 0.0601. The lowest BCUT2D eigenvalue weighted by atomic mass is 10.0. The molecule has 20 heavy (non-hydrogen) atoms. The summed E-state index contributed by atoms with van der Waals surface area (Å²) in [5, 5.41) is 4.33. The van der Waals surface area contributed by atoms with Crippen LogP contribution in [-0.2, 0) is 4.74 Å². The molecule has 0 bridgehead atoms. The third-order valence-electron chi connectivity index (χ3n) is 3.42. The molecule has 0 aliphatic carbocycles. The van der Waals surface area contributed by atoms with E-state index in [4.69, 9.17) is 9.47 Å². The molecule has 0 aliphatic heterocycles. The van der Waals surface area contributed by atoms with E-state index in [-0.39, 0.29) is 5.97 Å². The third-order valence-corrected chi connectivity index (χ3v) is 3.42. The molecule has 3 heteroatoms. The molecule has 0 aliphatic rings. The van der Waals surface area contributed by atoms with E-state index in [1.807, 2.05) is 30.3 Å². The lowest BCUT2D eigenvalue weighted by Gasteiger charge is -2.06. The Morgan fingerprint density at radius 2 is 1.45 bits per heavy atom. The molecule has 0 fully saturated rings. The number of hydrogen-bond acceptors (Lipinski definition) is 3. The van der Waals surface area contributed by atoms with Gasteiger partial charge < -0.3 is 9.47 Å². The van der Waals surface area contributed by atoms with E-state index in [1.54, 1.807) is 13.2 Å². The van der Waals surface area contributed by atoms with E-state index >= 15 is 0 Å². The molecule has 0 saturated carbocycles. The fourth-order valence-corrected chi connectivity index (χ4v) is 2.35. The van der Waals surface area contributed by atoms with Gasteiger partial charge in [0.25, 0.3) is 0 Å². The van der Waals surface area contributed by atoms with Crippen LogP contribution >= 0.6 is 0 Å². The van der Waals surface area contributed by atoms with Crippen LogP contribution in [0.2, 0.25) is 0 Å². The van der Waals surface area contributed by atoms with Gasteiger partial charge in [0.2, 0.25) is 0 Å². The first-order valence-electron chi connectivity index (χ1n) is 6.31. The molecule has 3 aromatic carbocycles. The Hall–Kier alpha value is -2.55. The van der Waals surface area contributed by atoms with Crippen molar-refractivity contribution in [3.05, 3.63) is 54.1 Å². The summed E-state index contributed by atoms with van der Waals surface area (Å²) >= 11 is 0. The van der Waals surface area contributed by atoms with Gasteiger partial charge in [-0.25, -0.2) is 4.79 Å². The minimum absolute atomic E-state index is 0.318. The average molecular weight is 266 g/mol. The summed E-state index contributed by atoms with van der Waals surface area (Å²) in [7, 11) is 3.05. The molecule has 0 N–H and O–H groups in total. The molecule has 0 aromatic heterocycles. The number of esters is 1. The van der Waals surface area contributed by atoms with Crippen molar-refractivity contribution in [2.24, 2.45) is 0 Å². The molecule has 3 nitrogen and oxygen atoms in total. The number of benzene rings is 3. The Morgan fingerprint density at radius 1 is 0.800 bits per heavy atom. The van der Waals surface area contributed by atoms with Crippen LogP contribution in [0, 0.1) is 0 Å². The zero-order chi connectivity index (χ0) is 14.1. The predicted octanol–water partition coefficient (Wildman–Crippen LogP) is 3.79. The number of carbonyl (C=O) groups excluding carboxylic acids is 1. The van der Waals surface area contributed by atoms with Gasteiger partial charge in [-0.2, -0.15) is 0 Å². The molecule has 0 radical (unpaired) electrons. The normalized spacial score (nSPS) is 10.7. The van der Waals surface area contributed by atoms with Crippen LogP contribution in [0.4, 0.5) is 0 Å². The van der Waals surface area contributed by atoms with Crippen molar-refractivity contribution < 1.29 is 14.3 Å². The first kappa shape index (κ1) is 12.5. The van der Waals surface area contributed by atoms with Crippen LogP contribution in [0.15, 0.2) is 48.5 Å². The molecule has 0 unspecified atom stereocenters. The molecule has 100 valence electrons. The van der Waals surface area contributed by atoms with Crippen LogP contribution < -0.4 is 4.74 Å². The first-order chi connectivity index (χ1) is 9.71. The Bertz CT molecular complexity index is 806. The van der Waals surface area contributed by atoms with E-state index in [0.29, 0.717) is 5.56 Å². The largest absolute Gasteiger partial charge is 0.497 e. The van der Waals surface area contributed by atoms with Gasteiger partial charge in [-0.3, -0.25) is 0 Å². The highest BCUT2D eigenvalue weighted by atomic mass is 16.5. The molecule has 0 spiro atoms. The maximum atomic E-state index is 11.6. The maximum Gasteiger partial charge on any atom is 0.337 e. The zero-order valence-corrected chi connectivity index (χ0v) is 11.3. The zero-order valence-electron chi connectivity index (χ0n) is 11.3. The van der Waals surface area contributed by atoms with Gasteiger partial charge in [0.05, 0.1) is 19.8 Å². The summed E-state index contributed by atoms with van der Waals surface area (Å²) < 4.78 is 9.99. The standard InChI is InChI=1S/C17H14O3/c1-19-16-6-5-12-7-14-9-13(17(18)20-2)4-3-11(14)8-15(12)10-16/h3-10H,1-2H3. The third kappa shape index (κ3) is 2.07. The molecule has 0 atom stereocenters. The predicted molar refractivity (Wildman–Crippen MR) is 79.3 cm³/mol. The monoisotopic (exact) mass is 266 g/mol. The molecule has 0 saturated heterocycles.